The fourth-order valence-corrected chi connectivity index (χ4v) is 1.12. The van der Waals surface area contributed by atoms with Crippen LogP contribution in [0, 0.1) is 18.2 Å². The largest absolute Gasteiger partial charge is 0.481 e. The van der Waals surface area contributed by atoms with Gasteiger partial charge in [-0.2, -0.15) is 0 Å². The van der Waals surface area contributed by atoms with E-state index in [0.29, 0.717) is 0 Å². The SMILES string of the molecule is [C-]#[N+]c1c(F)cc(CCC(=O)O)cc1F. The summed E-state index contributed by atoms with van der Waals surface area (Å²) < 4.78 is 26.1. The molecule has 0 unspecified atom stereocenters. The van der Waals surface area contributed by atoms with E-state index in [2.05, 4.69) is 4.85 Å². The van der Waals surface area contributed by atoms with Gasteiger partial charge in [-0.3, -0.25) is 4.79 Å². The average Bonchev–Trinajstić information content (AvgIpc) is 2.14. The Hall–Kier alpha value is -1.96. The van der Waals surface area contributed by atoms with E-state index in [1.807, 2.05) is 0 Å². The molecule has 0 saturated heterocycles. The number of carboxylic acid groups (broad SMARTS) is 1. The van der Waals surface area contributed by atoms with Gasteiger partial charge >= 0.3 is 5.97 Å². The Bertz CT molecular complexity index is 415. The lowest BCUT2D eigenvalue weighted by atomic mass is 10.1. The van der Waals surface area contributed by atoms with E-state index in [0.717, 1.165) is 12.1 Å². The molecule has 0 fully saturated rings. The van der Waals surface area contributed by atoms with E-state index in [1.165, 1.54) is 0 Å². The number of rotatable bonds is 3. The van der Waals surface area contributed by atoms with Crippen LogP contribution in [0.1, 0.15) is 12.0 Å². The van der Waals surface area contributed by atoms with Gasteiger partial charge in [0.1, 0.15) is 11.6 Å². The molecule has 5 heteroatoms. The topological polar surface area (TPSA) is 41.7 Å². The Morgan fingerprint density at radius 1 is 1.40 bits per heavy atom. The number of carboxylic acids is 1. The number of hydrogen-bond donors (Lipinski definition) is 1. The van der Waals surface area contributed by atoms with Crippen LogP contribution in [0.15, 0.2) is 12.1 Å². The van der Waals surface area contributed by atoms with Crippen molar-refractivity contribution >= 4 is 11.7 Å². The fraction of sp³-hybridized carbons (Fsp3) is 0.200. The first-order chi connectivity index (χ1) is 7.04. The number of nitrogens with zero attached hydrogens (tertiary/aromatic N) is 1. The van der Waals surface area contributed by atoms with E-state index in [9.17, 15) is 13.6 Å². The van der Waals surface area contributed by atoms with Crippen molar-refractivity contribution in [2.24, 2.45) is 0 Å². The van der Waals surface area contributed by atoms with Crippen molar-refractivity contribution in [1.82, 2.24) is 0 Å². The van der Waals surface area contributed by atoms with Crippen molar-refractivity contribution in [2.75, 3.05) is 0 Å². The zero-order valence-electron chi connectivity index (χ0n) is 7.63. The summed E-state index contributed by atoms with van der Waals surface area (Å²) >= 11 is 0. The molecule has 0 heterocycles. The molecular formula is C10H7F2NO2. The smallest absolute Gasteiger partial charge is 0.303 e. The minimum atomic E-state index is -1.04. The minimum Gasteiger partial charge on any atom is -0.481 e. The van der Waals surface area contributed by atoms with Crippen LogP contribution in [0.3, 0.4) is 0 Å². The summed E-state index contributed by atoms with van der Waals surface area (Å²) in [5, 5.41) is 8.38. The van der Waals surface area contributed by atoms with Crippen LogP contribution in [0.2, 0.25) is 0 Å². The highest BCUT2D eigenvalue weighted by Gasteiger charge is 2.11. The first kappa shape index (κ1) is 11.1. The van der Waals surface area contributed by atoms with Gasteiger partial charge < -0.3 is 5.11 Å². The second kappa shape index (κ2) is 4.51. The molecule has 0 amide bonds. The Balaban J connectivity index is 2.95. The molecule has 0 bridgehead atoms. The third-order valence-corrected chi connectivity index (χ3v) is 1.82. The Morgan fingerprint density at radius 3 is 2.33 bits per heavy atom. The number of benzene rings is 1. The van der Waals surface area contributed by atoms with Crippen LogP contribution >= 0.6 is 0 Å². The van der Waals surface area contributed by atoms with Gasteiger partial charge in [-0.1, -0.05) is 0 Å². The van der Waals surface area contributed by atoms with Crippen LogP contribution in [-0.2, 0) is 11.2 Å². The molecule has 0 spiro atoms. The molecule has 3 nitrogen and oxygen atoms in total. The lowest BCUT2D eigenvalue weighted by Crippen LogP contribution is -1.98. The van der Waals surface area contributed by atoms with E-state index in [4.69, 9.17) is 11.7 Å². The first-order valence-corrected chi connectivity index (χ1v) is 4.11. The van der Waals surface area contributed by atoms with Crippen LogP contribution in [-0.4, -0.2) is 11.1 Å². The van der Waals surface area contributed by atoms with Crippen molar-refractivity contribution in [3.05, 3.63) is 40.7 Å². The van der Waals surface area contributed by atoms with Crippen LogP contribution in [0.5, 0.6) is 0 Å². The molecule has 0 aliphatic carbocycles. The summed E-state index contributed by atoms with van der Waals surface area (Å²) in [5.41, 5.74) is -0.422. The molecule has 15 heavy (non-hydrogen) atoms. The van der Waals surface area contributed by atoms with Gasteiger partial charge in [-0.25, -0.2) is 13.6 Å². The number of aryl methyl sites for hydroxylation is 1. The molecule has 0 saturated carbocycles. The molecular weight excluding hydrogens is 204 g/mol. The van der Waals surface area contributed by atoms with Crippen molar-refractivity contribution in [3.63, 3.8) is 0 Å². The lowest BCUT2D eigenvalue weighted by Gasteiger charge is -2.01. The van der Waals surface area contributed by atoms with Gasteiger partial charge in [0.05, 0.1) is 6.57 Å². The summed E-state index contributed by atoms with van der Waals surface area (Å²) in [6, 6.07) is 1.97. The predicted octanol–water partition coefficient (Wildman–Crippen LogP) is 2.53. The van der Waals surface area contributed by atoms with Gasteiger partial charge in [-0.05, 0) is 24.1 Å². The maximum Gasteiger partial charge on any atom is 0.303 e. The number of carbonyl (C=O) groups is 1. The highest BCUT2D eigenvalue weighted by atomic mass is 19.1. The zero-order chi connectivity index (χ0) is 11.4. The Labute approximate surface area is 84.8 Å². The monoisotopic (exact) mass is 211 g/mol. The summed E-state index contributed by atoms with van der Waals surface area (Å²) in [4.78, 5) is 12.9. The molecule has 78 valence electrons. The Morgan fingerprint density at radius 2 is 1.93 bits per heavy atom. The molecule has 1 aromatic rings. The molecule has 1 N–H and O–H groups in total. The summed E-state index contributed by atoms with van der Waals surface area (Å²) in [6.45, 7) is 6.52. The van der Waals surface area contributed by atoms with Gasteiger partial charge in [0, 0.05) is 6.42 Å². The van der Waals surface area contributed by atoms with Crippen LogP contribution in [0.25, 0.3) is 4.85 Å². The molecule has 0 aliphatic rings. The minimum absolute atomic E-state index is 0.0431. The quantitative estimate of drug-likeness (QED) is 0.780. The number of hydrogen-bond acceptors (Lipinski definition) is 1. The molecule has 0 radical (unpaired) electrons. The third-order valence-electron chi connectivity index (χ3n) is 1.82. The summed E-state index contributed by atoms with van der Waals surface area (Å²) in [7, 11) is 0. The normalized spacial score (nSPS) is 9.67. The zero-order valence-corrected chi connectivity index (χ0v) is 7.63. The molecule has 0 atom stereocenters. The first-order valence-electron chi connectivity index (χ1n) is 4.11. The van der Waals surface area contributed by atoms with Crippen molar-refractivity contribution in [2.45, 2.75) is 12.8 Å². The third kappa shape index (κ3) is 2.74. The van der Waals surface area contributed by atoms with E-state index in [-0.39, 0.29) is 18.4 Å². The number of aliphatic carboxylic acids is 1. The van der Waals surface area contributed by atoms with Gasteiger partial charge in [0.2, 0.25) is 0 Å². The van der Waals surface area contributed by atoms with E-state index in [1.54, 1.807) is 0 Å². The van der Waals surface area contributed by atoms with Gasteiger partial charge in [-0.15, -0.1) is 0 Å². The van der Waals surface area contributed by atoms with Gasteiger partial charge in [0.25, 0.3) is 5.69 Å². The van der Waals surface area contributed by atoms with Crippen LogP contribution < -0.4 is 0 Å². The molecule has 0 aliphatic heterocycles. The van der Waals surface area contributed by atoms with E-state index < -0.39 is 23.3 Å². The predicted molar refractivity (Wildman–Crippen MR) is 48.6 cm³/mol. The van der Waals surface area contributed by atoms with Crippen LogP contribution in [0.4, 0.5) is 14.5 Å². The lowest BCUT2D eigenvalue weighted by molar-refractivity contribution is -0.136. The molecule has 0 aromatic heterocycles. The van der Waals surface area contributed by atoms with E-state index >= 15 is 0 Å². The molecule has 1 aromatic carbocycles. The van der Waals surface area contributed by atoms with Crippen molar-refractivity contribution in [3.8, 4) is 0 Å². The van der Waals surface area contributed by atoms with Crippen molar-refractivity contribution in [1.29, 1.82) is 0 Å². The maximum absolute atomic E-state index is 13.0. The second-order valence-corrected chi connectivity index (χ2v) is 2.91. The number of halogens is 2. The van der Waals surface area contributed by atoms with Gasteiger partial charge in [0.15, 0.2) is 0 Å². The standard InChI is InChI=1S/C10H7F2NO2/c1-13-10-7(11)4-6(5-8(10)12)2-3-9(14)15/h4-5H,2-3H2,(H,14,15). The second-order valence-electron chi connectivity index (χ2n) is 2.91. The fourth-order valence-electron chi connectivity index (χ4n) is 1.12. The molecule has 1 rings (SSSR count). The highest BCUT2D eigenvalue weighted by molar-refractivity contribution is 5.67. The maximum atomic E-state index is 13.0. The summed E-state index contributed by atoms with van der Waals surface area (Å²) in [6.07, 6.45) is -0.155. The Kier molecular flexibility index (Phi) is 3.34. The highest BCUT2D eigenvalue weighted by Crippen LogP contribution is 2.24. The summed E-state index contributed by atoms with van der Waals surface area (Å²) in [5.74, 6) is -2.94. The van der Waals surface area contributed by atoms with Crippen molar-refractivity contribution < 1.29 is 18.7 Å². The average molecular weight is 211 g/mol.